The standard InChI is InChI=1S/C44H28N2O/c1-4-12-30(13-5-1)37-25-36(27-42-43(37)38-24-34-18-10-11-19-35(34)26-41(38)47-42)29-20-22-32(23-21-29)40-28-39(31-14-6-2-7-15-31)45-44(46-40)33-16-8-3-9-17-33/h1-28H. The maximum atomic E-state index is 6.57. The van der Waals surface area contributed by atoms with E-state index in [2.05, 4.69) is 133 Å². The Hall–Kier alpha value is -6.32. The molecule has 9 rings (SSSR count). The minimum absolute atomic E-state index is 0.710. The Morgan fingerprint density at radius 3 is 1.55 bits per heavy atom. The molecular formula is C44H28N2O. The Morgan fingerprint density at radius 2 is 0.894 bits per heavy atom. The Kier molecular flexibility index (Phi) is 6.46. The number of hydrogen-bond donors (Lipinski definition) is 0. The highest BCUT2D eigenvalue weighted by Gasteiger charge is 2.17. The van der Waals surface area contributed by atoms with Gasteiger partial charge >= 0.3 is 0 Å². The zero-order valence-corrected chi connectivity index (χ0v) is 25.5. The molecule has 0 radical (unpaired) electrons. The third-order valence-electron chi connectivity index (χ3n) is 8.87. The van der Waals surface area contributed by atoms with E-state index >= 15 is 0 Å². The van der Waals surface area contributed by atoms with Crippen molar-refractivity contribution in [1.29, 1.82) is 0 Å². The van der Waals surface area contributed by atoms with Gasteiger partial charge in [0.25, 0.3) is 0 Å². The van der Waals surface area contributed by atoms with Crippen LogP contribution in [-0.2, 0) is 0 Å². The molecule has 47 heavy (non-hydrogen) atoms. The average molecular weight is 601 g/mol. The van der Waals surface area contributed by atoms with Crippen LogP contribution in [0, 0.1) is 0 Å². The molecule has 0 bridgehead atoms. The van der Waals surface area contributed by atoms with Crippen molar-refractivity contribution in [3.8, 4) is 56.2 Å². The molecule has 9 aromatic rings. The van der Waals surface area contributed by atoms with Crippen molar-refractivity contribution in [2.75, 3.05) is 0 Å². The van der Waals surface area contributed by atoms with Crippen LogP contribution in [0.15, 0.2) is 174 Å². The van der Waals surface area contributed by atoms with Gasteiger partial charge in [0.1, 0.15) is 11.2 Å². The SMILES string of the molecule is c1ccc(-c2cc(-c3ccc(-c4cc(-c5ccccc5)c5c(c4)oc4cc6ccccc6cc45)cc3)nc(-c3ccccc3)n2)cc1. The van der Waals surface area contributed by atoms with Crippen molar-refractivity contribution in [3.05, 3.63) is 170 Å². The Bertz CT molecular complexity index is 2480. The minimum Gasteiger partial charge on any atom is -0.456 e. The summed E-state index contributed by atoms with van der Waals surface area (Å²) in [6, 6.07) is 59.1. The van der Waals surface area contributed by atoms with Gasteiger partial charge in [-0.25, -0.2) is 9.97 Å². The molecule has 0 aliphatic rings. The molecule has 2 heterocycles. The van der Waals surface area contributed by atoms with Crippen molar-refractivity contribution in [1.82, 2.24) is 9.97 Å². The Labute approximate surface area is 272 Å². The van der Waals surface area contributed by atoms with Gasteiger partial charge in [-0.1, -0.05) is 140 Å². The van der Waals surface area contributed by atoms with E-state index in [1.165, 1.54) is 10.8 Å². The van der Waals surface area contributed by atoms with Crippen LogP contribution < -0.4 is 0 Å². The normalized spacial score (nSPS) is 11.4. The molecule has 0 atom stereocenters. The molecule has 2 aromatic heterocycles. The molecule has 0 aliphatic heterocycles. The Morgan fingerprint density at radius 1 is 0.362 bits per heavy atom. The zero-order valence-electron chi connectivity index (χ0n) is 25.5. The van der Waals surface area contributed by atoms with E-state index in [0.717, 1.165) is 72.3 Å². The van der Waals surface area contributed by atoms with E-state index in [1.54, 1.807) is 0 Å². The Balaban J connectivity index is 1.18. The van der Waals surface area contributed by atoms with E-state index < -0.39 is 0 Å². The van der Waals surface area contributed by atoms with Crippen LogP contribution in [0.1, 0.15) is 0 Å². The predicted octanol–water partition coefficient (Wildman–Crippen LogP) is 11.9. The number of fused-ring (bicyclic) bond motifs is 4. The molecule has 0 N–H and O–H groups in total. The highest BCUT2D eigenvalue weighted by atomic mass is 16.3. The zero-order chi connectivity index (χ0) is 31.2. The van der Waals surface area contributed by atoms with Gasteiger partial charge in [0.15, 0.2) is 5.82 Å². The average Bonchev–Trinajstić information content (AvgIpc) is 3.51. The van der Waals surface area contributed by atoms with Crippen molar-refractivity contribution >= 4 is 32.7 Å². The molecule has 0 unspecified atom stereocenters. The maximum Gasteiger partial charge on any atom is 0.160 e. The van der Waals surface area contributed by atoms with Gasteiger partial charge in [-0.2, -0.15) is 0 Å². The molecule has 0 aliphatic carbocycles. The first-order valence-electron chi connectivity index (χ1n) is 15.8. The van der Waals surface area contributed by atoms with Gasteiger partial charge in [-0.15, -0.1) is 0 Å². The van der Waals surface area contributed by atoms with Crippen LogP contribution in [0.5, 0.6) is 0 Å². The molecule has 220 valence electrons. The van der Waals surface area contributed by atoms with Crippen molar-refractivity contribution in [3.63, 3.8) is 0 Å². The van der Waals surface area contributed by atoms with Gasteiger partial charge in [0.2, 0.25) is 0 Å². The summed E-state index contributed by atoms with van der Waals surface area (Å²) in [6.45, 7) is 0. The smallest absolute Gasteiger partial charge is 0.160 e. The van der Waals surface area contributed by atoms with Gasteiger partial charge in [0.05, 0.1) is 11.4 Å². The molecule has 0 saturated heterocycles. The lowest BCUT2D eigenvalue weighted by molar-refractivity contribution is 0.669. The first kappa shape index (κ1) is 27.0. The summed E-state index contributed by atoms with van der Waals surface area (Å²) < 4.78 is 6.57. The van der Waals surface area contributed by atoms with Crippen LogP contribution in [0.3, 0.4) is 0 Å². The highest BCUT2D eigenvalue weighted by Crippen LogP contribution is 2.41. The van der Waals surface area contributed by atoms with Gasteiger partial charge in [-0.3, -0.25) is 0 Å². The molecule has 7 aromatic carbocycles. The number of nitrogens with zero attached hydrogens (tertiary/aromatic N) is 2. The number of rotatable bonds is 5. The predicted molar refractivity (Wildman–Crippen MR) is 194 cm³/mol. The van der Waals surface area contributed by atoms with Gasteiger partial charge < -0.3 is 4.42 Å². The van der Waals surface area contributed by atoms with Crippen molar-refractivity contribution in [2.24, 2.45) is 0 Å². The number of hydrogen-bond acceptors (Lipinski definition) is 3. The monoisotopic (exact) mass is 600 g/mol. The second-order valence-corrected chi connectivity index (χ2v) is 11.8. The largest absolute Gasteiger partial charge is 0.456 e. The van der Waals surface area contributed by atoms with E-state index in [0.29, 0.717) is 5.82 Å². The van der Waals surface area contributed by atoms with Crippen LogP contribution in [0.4, 0.5) is 0 Å². The first-order valence-corrected chi connectivity index (χ1v) is 15.8. The number of aromatic nitrogens is 2. The molecule has 0 spiro atoms. The van der Waals surface area contributed by atoms with Gasteiger partial charge in [0, 0.05) is 27.5 Å². The fourth-order valence-corrected chi connectivity index (χ4v) is 6.51. The molecule has 3 heteroatoms. The van der Waals surface area contributed by atoms with Crippen molar-refractivity contribution in [2.45, 2.75) is 0 Å². The van der Waals surface area contributed by atoms with E-state index in [9.17, 15) is 0 Å². The number of furan rings is 1. The third kappa shape index (κ3) is 4.95. The minimum atomic E-state index is 0.710. The summed E-state index contributed by atoms with van der Waals surface area (Å²) in [7, 11) is 0. The van der Waals surface area contributed by atoms with Crippen LogP contribution >= 0.6 is 0 Å². The fourth-order valence-electron chi connectivity index (χ4n) is 6.51. The molecular weight excluding hydrogens is 572 g/mol. The maximum absolute atomic E-state index is 6.57. The summed E-state index contributed by atoms with van der Waals surface area (Å²) in [5, 5.41) is 4.65. The molecule has 0 saturated carbocycles. The summed E-state index contributed by atoms with van der Waals surface area (Å²) in [5.41, 5.74) is 11.2. The fraction of sp³-hybridized carbons (Fsp3) is 0. The van der Waals surface area contributed by atoms with Gasteiger partial charge in [-0.05, 0) is 63.4 Å². The van der Waals surface area contributed by atoms with E-state index in [-0.39, 0.29) is 0 Å². The lowest BCUT2D eigenvalue weighted by atomic mass is 9.93. The van der Waals surface area contributed by atoms with Crippen LogP contribution in [0.2, 0.25) is 0 Å². The van der Waals surface area contributed by atoms with Crippen LogP contribution in [-0.4, -0.2) is 9.97 Å². The number of benzene rings is 7. The second kappa shape index (κ2) is 11.2. The highest BCUT2D eigenvalue weighted by molar-refractivity contribution is 6.16. The topological polar surface area (TPSA) is 38.9 Å². The molecule has 3 nitrogen and oxygen atoms in total. The molecule has 0 amide bonds. The summed E-state index contributed by atoms with van der Waals surface area (Å²) in [5.74, 6) is 0.710. The quantitative estimate of drug-likeness (QED) is 0.197. The first-order chi connectivity index (χ1) is 23.3. The second-order valence-electron chi connectivity index (χ2n) is 11.8. The lowest BCUT2D eigenvalue weighted by Crippen LogP contribution is -1.95. The summed E-state index contributed by atoms with van der Waals surface area (Å²) in [6.07, 6.45) is 0. The summed E-state index contributed by atoms with van der Waals surface area (Å²) >= 11 is 0. The molecule has 0 fully saturated rings. The third-order valence-corrected chi connectivity index (χ3v) is 8.87. The van der Waals surface area contributed by atoms with E-state index in [1.807, 2.05) is 36.4 Å². The van der Waals surface area contributed by atoms with Crippen LogP contribution in [0.25, 0.3) is 88.9 Å². The van der Waals surface area contributed by atoms with E-state index in [4.69, 9.17) is 14.4 Å². The lowest BCUT2D eigenvalue weighted by Gasteiger charge is -2.11. The van der Waals surface area contributed by atoms with Crippen molar-refractivity contribution < 1.29 is 4.42 Å². The summed E-state index contributed by atoms with van der Waals surface area (Å²) in [4.78, 5) is 9.96.